The number of carbonyl (C=O) groups excluding carboxylic acids is 1. The Balaban J connectivity index is 1.53. The number of aromatic nitrogens is 2. The first-order valence-electron chi connectivity index (χ1n) is 8.58. The van der Waals surface area contributed by atoms with E-state index in [0.29, 0.717) is 17.7 Å². The molecule has 2 N–H and O–H groups in total. The highest BCUT2D eigenvalue weighted by atomic mass is 32.1. The number of hydrogen-bond acceptors (Lipinski definition) is 5. The maximum absolute atomic E-state index is 12.4. The van der Waals surface area contributed by atoms with Gasteiger partial charge in [0.25, 0.3) is 5.91 Å². The lowest BCUT2D eigenvalue weighted by molar-refractivity contribution is 0.0933. The molecule has 1 saturated heterocycles. The summed E-state index contributed by atoms with van der Waals surface area (Å²) in [6, 6.07) is 4.07. The lowest BCUT2D eigenvalue weighted by Crippen LogP contribution is -2.33. The Morgan fingerprint density at radius 3 is 2.70 bits per heavy atom. The summed E-state index contributed by atoms with van der Waals surface area (Å²) < 4.78 is 0. The highest BCUT2D eigenvalue weighted by Gasteiger charge is 2.21. The minimum atomic E-state index is -0.0457. The average molecular weight is 330 g/mol. The van der Waals surface area contributed by atoms with E-state index in [0.717, 1.165) is 49.1 Å². The number of nitrogens with one attached hydrogen (secondary N) is 2. The van der Waals surface area contributed by atoms with E-state index in [9.17, 15) is 4.79 Å². The van der Waals surface area contributed by atoms with Crippen molar-refractivity contribution in [1.82, 2.24) is 20.6 Å². The van der Waals surface area contributed by atoms with E-state index in [1.54, 1.807) is 17.4 Å². The number of hydrogen-bond donors (Lipinski definition) is 2. The Hall–Kier alpha value is -1.53. The van der Waals surface area contributed by atoms with Crippen LogP contribution in [-0.4, -0.2) is 35.0 Å². The highest BCUT2D eigenvalue weighted by molar-refractivity contribution is 7.18. The van der Waals surface area contributed by atoms with Crippen molar-refractivity contribution in [2.75, 3.05) is 13.1 Å². The zero-order valence-electron chi connectivity index (χ0n) is 13.2. The molecule has 6 heteroatoms. The molecule has 2 aliphatic rings. The van der Waals surface area contributed by atoms with Crippen LogP contribution in [0.25, 0.3) is 10.3 Å². The minimum Gasteiger partial charge on any atom is -0.348 e. The van der Waals surface area contributed by atoms with Gasteiger partial charge in [-0.25, -0.2) is 9.97 Å². The second-order valence-corrected chi connectivity index (χ2v) is 7.56. The minimum absolute atomic E-state index is 0.0457. The van der Waals surface area contributed by atoms with Crippen LogP contribution in [0, 0.1) is 0 Å². The highest BCUT2D eigenvalue weighted by Crippen LogP contribution is 2.31. The molecule has 3 heterocycles. The molecule has 0 bridgehead atoms. The quantitative estimate of drug-likeness (QED) is 0.908. The Morgan fingerprint density at radius 1 is 1.13 bits per heavy atom. The van der Waals surface area contributed by atoms with Crippen LogP contribution in [0.1, 0.15) is 59.9 Å². The smallest absolute Gasteiger partial charge is 0.270 e. The van der Waals surface area contributed by atoms with Crippen LogP contribution in [0.4, 0.5) is 0 Å². The molecule has 1 saturated carbocycles. The van der Waals surface area contributed by atoms with E-state index in [2.05, 4.69) is 15.6 Å². The third kappa shape index (κ3) is 3.23. The summed E-state index contributed by atoms with van der Waals surface area (Å²) in [5, 5.41) is 7.66. The second-order valence-electron chi connectivity index (χ2n) is 6.55. The van der Waals surface area contributed by atoms with Gasteiger partial charge in [-0.1, -0.05) is 24.2 Å². The van der Waals surface area contributed by atoms with Crippen molar-refractivity contribution >= 4 is 27.6 Å². The molecule has 0 radical (unpaired) electrons. The van der Waals surface area contributed by atoms with Crippen molar-refractivity contribution in [2.24, 2.45) is 0 Å². The van der Waals surface area contributed by atoms with Gasteiger partial charge in [0.15, 0.2) is 0 Å². The summed E-state index contributed by atoms with van der Waals surface area (Å²) >= 11 is 1.65. The third-order valence-electron chi connectivity index (χ3n) is 4.88. The Kier molecular flexibility index (Phi) is 4.27. The van der Waals surface area contributed by atoms with Gasteiger partial charge in [0, 0.05) is 12.0 Å². The first-order valence-corrected chi connectivity index (χ1v) is 9.40. The van der Waals surface area contributed by atoms with Crippen molar-refractivity contribution in [1.29, 1.82) is 0 Å². The molecule has 1 aliphatic heterocycles. The van der Waals surface area contributed by atoms with E-state index < -0.39 is 0 Å². The van der Waals surface area contributed by atoms with Gasteiger partial charge < -0.3 is 10.6 Å². The fourth-order valence-corrected chi connectivity index (χ4v) is 4.64. The number of thiazole rings is 1. The van der Waals surface area contributed by atoms with Crippen LogP contribution in [-0.2, 0) is 0 Å². The summed E-state index contributed by atoms with van der Waals surface area (Å²) in [5.41, 5.74) is 1.44. The van der Waals surface area contributed by atoms with Crippen LogP contribution in [0.2, 0.25) is 0 Å². The van der Waals surface area contributed by atoms with Crippen LogP contribution in [0.5, 0.6) is 0 Å². The van der Waals surface area contributed by atoms with Crippen molar-refractivity contribution in [2.45, 2.75) is 50.5 Å². The number of carbonyl (C=O) groups is 1. The fourth-order valence-electron chi connectivity index (χ4n) is 3.53. The third-order valence-corrected chi connectivity index (χ3v) is 6.01. The predicted octanol–water partition coefficient (Wildman–Crippen LogP) is 2.83. The number of pyridine rings is 1. The molecule has 2 aromatic rings. The average Bonchev–Trinajstić information content (AvgIpc) is 3.24. The predicted molar refractivity (Wildman–Crippen MR) is 92.0 cm³/mol. The number of nitrogens with zero attached hydrogens (tertiary/aromatic N) is 2. The molecule has 4 rings (SSSR count). The van der Waals surface area contributed by atoms with E-state index in [1.807, 2.05) is 6.07 Å². The van der Waals surface area contributed by atoms with Crippen LogP contribution in [0.15, 0.2) is 12.1 Å². The Labute approximate surface area is 139 Å². The molecular weight excluding hydrogens is 308 g/mol. The summed E-state index contributed by atoms with van der Waals surface area (Å²) in [6.45, 7) is 2.12. The first-order chi connectivity index (χ1) is 11.3. The van der Waals surface area contributed by atoms with Crippen molar-refractivity contribution in [3.05, 3.63) is 22.8 Å². The van der Waals surface area contributed by atoms with Gasteiger partial charge >= 0.3 is 0 Å². The lowest BCUT2D eigenvalue weighted by atomic mass is 9.99. The van der Waals surface area contributed by atoms with Gasteiger partial charge in [-0.3, -0.25) is 4.79 Å². The largest absolute Gasteiger partial charge is 0.348 e. The molecule has 0 aromatic carbocycles. The molecule has 0 unspecified atom stereocenters. The molecule has 1 amide bonds. The molecular formula is C17H22N4OS. The molecule has 2 fully saturated rings. The van der Waals surface area contributed by atoms with Crippen molar-refractivity contribution < 1.29 is 4.79 Å². The van der Waals surface area contributed by atoms with Gasteiger partial charge in [0.2, 0.25) is 0 Å². The summed E-state index contributed by atoms with van der Waals surface area (Å²) in [4.78, 5) is 22.5. The number of fused-ring (bicyclic) bond motifs is 1. The van der Waals surface area contributed by atoms with Gasteiger partial charge in [-0.05, 0) is 50.9 Å². The number of amides is 1. The molecule has 1 aliphatic carbocycles. The standard InChI is InChI=1S/C17H22N4OS/c22-15(19-12-3-1-2-4-12)13-5-6-14-17(20-13)23-16(21-14)11-7-9-18-10-8-11/h5-6,11-12,18H,1-4,7-10H2,(H,19,22). The molecule has 2 aromatic heterocycles. The van der Waals surface area contributed by atoms with Gasteiger partial charge in [-0.15, -0.1) is 0 Å². The SMILES string of the molecule is O=C(NC1CCCC1)c1ccc2nc(C3CCNCC3)sc2n1. The Morgan fingerprint density at radius 2 is 1.91 bits per heavy atom. The van der Waals surface area contributed by atoms with E-state index in [1.165, 1.54) is 17.8 Å². The summed E-state index contributed by atoms with van der Waals surface area (Å²) in [7, 11) is 0. The van der Waals surface area contributed by atoms with E-state index in [4.69, 9.17) is 4.98 Å². The lowest BCUT2D eigenvalue weighted by Gasteiger charge is -2.20. The maximum Gasteiger partial charge on any atom is 0.270 e. The van der Waals surface area contributed by atoms with Crippen molar-refractivity contribution in [3.8, 4) is 0 Å². The van der Waals surface area contributed by atoms with Gasteiger partial charge in [0.1, 0.15) is 16.0 Å². The van der Waals surface area contributed by atoms with Gasteiger partial charge in [-0.2, -0.15) is 0 Å². The Bertz CT molecular complexity index is 702. The molecule has 23 heavy (non-hydrogen) atoms. The number of rotatable bonds is 3. The van der Waals surface area contributed by atoms with Gasteiger partial charge in [0.05, 0.1) is 5.01 Å². The first kappa shape index (κ1) is 15.0. The maximum atomic E-state index is 12.4. The summed E-state index contributed by atoms with van der Waals surface area (Å²) in [5.74, 6) is 0.488. The fraction of sp³-hybridized carbons (Fsp3) is 0.588. The molecule has 0 spiro atoms. The van der Waals surface area contributed by atoms with E-state index >= 15 is 0 Å². The number of piperidine rings is 1. The van der Waals surface area contributed by atoms with Crippen LogP contribution >= 0.6 is 11.3 Å². The van der Waals surface area contributed by atoms with E-state index in [-0.39, 0.29) is 5.91 Å². The molecule has 122 valence electrons. The van der Waals surface area contributed by atoms with Crippen molar-refractivity contribution in [3.63, 3.8) is 0 Å². The summed E-state index contributed by atoms with van der Waals surface area (Å²) in [6.07, 6.45) is 6.88. The molecule has 5 nitrogen and oxygen atoms in total. The van der Waals surface area contributed by atoms with Crippen LogP contribution < -0.4 is 10.6 Å². The van der Waals surface area contributed by atoms with Crippen LogP contribution in [0.3, 0.4) is 0 Å². The normalized spacial score (nSPS) is 20.2. The monoisotopic (exact) mass is 330 g/mol. The zero-order valence-corrected chi connectivity index (χ0v) is 14.0. The topological polar surface area (TPSA) is 66.9 Å². The molecule has 0 atom stereocenters. The second kappa shape index (κ2) is 6.53. The zero-order chi connectivity index (χ0) is 15.6.